The lowest BCUT2D eigenvalue weighted by Crippen LogP contribution is -2.16. The fourth-order valence-corrected chi connectivity index (χ4v) is 4.04. The van der Waals surface area contributed by atoms with Crippen molar-refractivity contribution >= 4 is 33.2 Å². The van der Waals surface area contributed by atoms with Gasteiger partial charge in [-0.25, -0.2) is 8.42 Å². The highest BCUT2D eigenvalue weighted by Crippen LogP contribution is 2.24. The van der Waals surface area contributed by atoms with Crippen molar-refractivity contribution in [1.29, 1.82) is 0 Å². The molecule has 7 nitrogen and oxygen atoms in total. The Kier molecular flexibility index (Phi) is 5.62. The Labute approximate surface area is 161 Å². The highest BCUT2D eigenvalue weighted by molar-refractivity contribution is 7.99. The number of sulfone groups is 1. The van der Waals surface area contributed by atoms with Crippen LogP contribution in [0.3, 0.4) is 0 Å². The van der Waals surface area contributed by atoms with Gasteiger partial charge in [0.25, 0.3) is 0 Å². The van der Waals surface area contributed by atoms with E-state index < -0.39 is 9.84 Å². The van der Waals surface area contributed by atoms with E-state index in [1.165, 1.54) is 17.8 Å². The first-order valence-electron chi connectivity index (χ1n) is 8.03. The van der Waals surface area contributed by atoms with Crippen molar-refractivity contribution in [2.45, 2.75) is 10.1 Å². The van der Waals surface area contributed by atoms with Gasteiger partial charge in [0.05, 0.1) is 16.3 Å². The van der Waals surface area contributed by atoms with Crippen molar-refractivity contribution < 1.29 is 13.2 Å². The van der Waals surface area contributed by atoms with E-state index in [-0.39, 0.29) is 22.2 Å². The number of hydrogen-bond acceptors (Lipinski definition) is 6. The highest BCUT2D eigenvalue weighted by Gasteiger charge is 2.16. The summed E-state index contributed by atoms with van der Waals surface area (Å²) in [6.45, 7) is 0. The fourth-order valence-electron chi connectivity index (χ4n) is 2.49. The van der Waals surface area contributed by atoms with Crippen LogP contribution >= 0.6 is 11.8 Å². The number of para-hydroxylation sites is 1. The van der Waals surface area contributed by atoms with E-state index >= 15 is 0 Å². The number of nitrogens with one attached hydrogen (secondary N) is 1. The average molecular weight is 403 g/mol. The van der Waals surface area contributed by atoms with Crippen LogP contribution in [0.4, 0.5) is 5.69 Å². The Morgan fingerprint density at radius 2 is 1.74 bits per heavy atom. The number of carbonyl (C=O) groups excluding carboxylic acids is 1. The van der Waals surface area contributed by atoms with E-state index in [0.717, 1.165) is 11.8 Å². The molecule has 0 unspecified atom stereocenters. The van der Waals surface area contributed by atoms with Crippen molar-refractivity contribution in [1.82, 2.24) is 14.8 Å². The number of nitrogens with zero attached hydrogens (tertiary/aromatic N) is 3. The van der Waals surface area contributed by atoms with Crippen LogP contribution in [0.15, 0.2) is 64.6 Å². The lowest BCUT2D eigenvalue weighted by Gasteiger charge is -2.09. The highest BCUT2D eigenvalue weighted by atomic mass is 32.2. The monoisotopic (exact) mass is 402 g/mol. The molecule has 1 N–H and O–H groups in total. The van der Waals surface area contributed by atoms with Gasteiger partial charge >= 0.3 is 0 Å². The van der Waals surface area contributed by atoms with Crippen LogP contribution < -0.4 is 5.32 Å². The molecule has 1 heterocycles. The summed E-state index contributed by atoms with van der Waals surface area (Å²) in [7, 11) is -1.59. The van der Waals surface area contributed by atoms with Gasteiger partial charge in [-0.15, -0.1) is 10.2 Å². The molecule has 0 aliphatic heterocycles. The molecule has 0 saturated carbocycles. The zero-order valence-corrected chi connectivity index (χ0v) is 16.4. The number of hydrogen-bond donors (Lipinski definition) is 1. The second kappa shape index (κ2) is 7.93. The average Bonchev–Trinajstić information content (AvgIpc) is 3.01. The van der Waals surface area contributed by atoms with E-state index in [9.17, 15) is 13.2 Å². The van der Waals surface area contributed by atoms with Crippen molar-refractivity contribution in [3.05, 3.63) is 54.6 Å². The molecule has 3 aromatic rings. The number of carbonyl (C=O) groups is 1. The molecule has 2 aromatic carbocycles. The van der Waals surface area contributed by atoms with Crippen molar-refractivity contribution in [2.24, 2.45) is 7.05 Å². The zero-order valence-electron chi connectivity index (χ0n) is 14.8. The van der Waals surface area contributed by atoms with Gasteiger partial charge in [0, 0.05) is 18.9 Å². The summed E-state index contributed by atoms with van der Waals surface area (Å²) in [6, 6.07) is 16.0. The van der Waals surface area contributed by atoms with Gasteiger partial charge in [-0.1, -0.05) is 54.2 Å². The van der Waals surface area contributed by atoms with Crippen LogP contribution in [-0.4, -0.2) is 41.1 Å². The van der Waals surface area contributed by atoms with E-state index in [2.05, 4.69) is 15.5 Å². The summed E-state index contributed by atoms with van der Waals surface area (Å²) in [5, 5.41) is 11.5. The number of rotatable bonds is 6. The van der Waals surface area contributed by atoms with Gasteiger partial charge in [-0.05, 0) is 12.1 Å². The third-order valence-corrected chi connectivity index (χ3v) is 5.94. The number of amides is 1. The number of anilines is 1. The Balaban J connectivity index is 1.69. The van der Waals surface area contributed by atoms with Crippen LogP contribution in [0.2, 0.25) is 0 Å². The molecule has 0 bridgehead atoms. The lowest BCUT2D eigenvalue weighted by molar-refractivity contribution is -0.113. The standard InChI is InChI=1S/C18H18N4O3S2/c1-22-17(13-8-4-3-5-9-13)20-21-18(22)26-12-16(23)19-14-10-6-7-11-15(14)27(2,24)25/h3-11H,12H2,1-2H3,(H,19,23). The minimum atomic E-state index is -3.43. The van der Waals surface area contributed by atoms with Gasteiger partial charge in [-0.3, -0.25) is 4.79 Å². The first-order valence-corrected chi connectivity index (χ1v) is 10.9. The Morgan fingerprint density at radius 3 is 2.44 bits per heavy atom. The summed E-state index contributed by atoms with van der Waals surface area (Å²) in [4.78, 5) is 12.4. The molecule has 0 aliphatic rings. The second-order valence-corrected chi connectivity index (χ2v) is 8.76. The normalized spacial score (nSPS) is 11.3. The third-order valence-electron chi connectivity index (χ3n) is 3.76. The fraction of sp³-hybridized carbons (Fsp3) is 0.167. The van der Waals surface area contributed by atoms with Crippen LogP contribution in [0.5, 0.6) is 0 Å². The molecular weight excluding hydrogens is 384 g/mol. The van der Waals surface area contributed by atoms with Crippen LogP contribution in [0, 0.1) is 0 Å². The molecule has 0 aliphatic carbocycles. The molecule has 0 saturated heterocycles. The number of benzene rings is 2. The van der Waals surface area contributed by atoms with Gasteiger partial charge < -0.3 is 9.88 Å². The van der Waals surface area contributed by atoms with Gasteiger partial charge in [0.2, 0.25) is 5.91 Å². The Hall–Kier alpha value is -2.65. The molecule has 140 valence electrons. The minimum absolute atomic E-state index is 0.0822. The molecule has 1 aromatic heterocycles. The summed E-state index contributed by atoms with van der Waals surface area (Å²) < 4.78 is 25.5. The maximum atomic E-state index is 12.3. The molecule has 0 fully saturated rings. The quantitative estimate of drug-likeness (QED) is 0.637. The van der Waals surface area contributed by atoms with Crippen LogP contribution in [0.1, 0.15) is 0 Å². The number of thioether (sulfide) groups is 1. The topological polar surface area (TPSA) is 94.0 Å². The van der Waals surface area contributed by atoms with Gasteiger partial charge in [0.1, 0.15) is 0 Å². The van der Waals surface area contributed by atoms with Crippen molar-refractivity contribution in [3.63, 3.8) is 0 Å². The van der Waals surface area contributed by atoms with Gasteiger partial charge in [0.15, 0.2) is 20.8 Å². The summed E-state index contributed by atoms with van der Waals surface area (Å²) in [5.41, 5.74) is 1.21. The van der Waals surface area contributed by atoms with Crippen molar-refractivity contribution in [2.75, 3.05) is 17.3 Å². The molecule has 1 amide bonds. The largest absolute Gasteiger partial charge is 0.324 e. The smallest absolute Gasteiger partial charge is 0.234 e. The predicted molar refractivity (Wildman–Crippen MR) is 105 cm³/mol. The number of aromatic nitrogens is 3. The maximum absolute atomic E-state index is 12.3. The summed E-state index contributed by atoms with van der Waals surface area (Å²) >= 11 is 1.23. The van der Waals surface area contributed by atoms with E-state index in [0.29, 0.717) is 11.0 Å². The van der Waals surface area contributed by atoms with Crippen LogP contribution in [0.25, 0.3) is 11.4 Å². The Bertz CT molecular complexity index is 1060. The zero-order chi connectivity index (χ0) is 19.4. The van der Waals surface area contributed by atoms with Crippen molar-refractivity contribution in [3.8, 4) is 11.4 Å². The van der Waals surface area contributed by atoms with Gasteiger partial charge in [-0.2, -0.15) is 0 Å². The third kappa shape index (κ3) is 4.55. The Morgan fingerprint density at radius 1 is 1.07 bits per heavy atom. The maximum Gasteiger partial charge on any atom is 0.234 e. The minimum Gasteiger partial charge on any atom is -0.324 e. The van der Waals surface area contributed by atoms with E-state index in [1.807, 2.05) is 41.9 Å². The molecule has 9 heteroatoms. The molecule has 3 rings (SSSR count). The molecule has 0 atom stereocenters. The van der Waals surface area contributed by atoms with E-state index in [1.54, 1.807) is 18.2 Å². The molecule has 27 heavy (non-hydrogen) atoms. The SMILES string of the molecule is Cn1c(SCC(=O)Nc2ccccc2S(C)(=O)=O)nnc1-c1ccccc1. The predicted octanol–water partition coefficient (Wildman–Crippen LogP) is 2.62. The first kappa shape index (κ1) is 19.1. The second-order valence-electron chi connectivity index (χ2n) is 5.84. The summed E-state index contributed by atoms with van der Waals surface area (Å²) in [5.74, 6) is 0.472. The van der Waals surface area contributed by atoms with E-state index in [4.69, 9.17) is 0 Å². The lowest BCUT2D eigenvalue weighted by atomic mass is 10.2. The molecule has 0 spiro atoms. The van der Waals surface area contributed by atoms with Crippen LogP contribution in [-0.2, 0) is 21.7 Å². The summed E-state index contributed by atoms with van der Waals surface area (Å²) in [6.07, 6.45) is 1.11. The molecular formula is C18H18N4O3S2. The molecule has 0 radical (unpaired) electrons. The first-order chi connectivity index (χ1) is 12.9.